The maximum absolute atomic E-state index is 11.9. The predicted molar refractivity (Wildman–Crippen MR) is 64.6 cm³/mol. The summed E-state index contributed by atoms with van der Waals surface area (Å²) in [6.45, 7) is 1.75. The number of ether oxygens (including phenoxy) is 1. The molecule has 0 fully saturated rings. The molecule has 18 heavy (non-hydrogen) atoms. The molecule has 0 bridgehead atoms. The van der Waals surface area contributed by atoms with Crippen LogP contribution in [-0.2, 0) is 4.79 Å². The minimum atomic E-state index is -0.880. The first-order valence-corrected chi connectivity index (χ1v) is 5.56. The van der Waals surface area contributed by atoms with Crippen LogP contribution in [0.3, 0.4) is 0 Å². The van der Waals surface area contributed by atoms with Crippen LogP contribution in [0.2, 0.25) is 0 Å². The third-order valence-corrected chi connectivity index (χ3v) is 2.38. The van der Waals surface area contributed by atoms with Gasteiger partial charge in [0.25, 0.3) is 5.91 Å². The van der Waals surface area contributed by atoms with Crippen LogP contribution in [0.5, 0.6) is 5.88 Å². The third kappa shape index (κ3) is 4.04. The third-order valence-electron chi connectivity index (χ3n) is 2.38. The minimum Gasteiger partial charge on any atom is -0.481 e. The molecule has 0 spiro atoms. The fourth-order valence-electron chi connectivity index (χ4n) is 1.44. The molecule has 1 rings (SSSR count). The number of hydrogen-bond acceptors (Lipinski definition) is 4. The molecule has 1 atom stereocenters. The number of carboxylic acid groups (broad SMARTS) is 1. The van der Waals surface area contributed by atoms with E-state index in [2.05, 4.69) is 10.3 Å². The number of amides is 1. The molecular weight excluding hydrogens is 236 g/mol. The highest BCUT2D eigenvalue weighted by molar-refractivity contribution is 5.96. The number of aliphatic carboxylic acids is 1. The van der Waals surface area contributed by atoms with Gasteiger partial charge in [-0.05, 0) is 25.5 Å². The van der Waals surface area contributed by atoms with Crippen LogP contribution in [0.25, 0.3) is 0 Å². The van der Waals surface area contributed by atoms with E-state index < -0.39 is 5.97 Å². The Hall–Kier alpha value is -2.11. The molecule has 1 amide bonds. The number of pyridine rings is 1. The van der Waals surface area contributed by atoms with Gasteiger partial charge in [0.2, 0.25) is 5.88 Å². The van der Waals surface area contributed by atoms with Crippen molar-refractivity contribution in [3.63, 3.8) is 0 Å². The first kappa shape index (κ1) is 14.0. The lowest BCUT2D eigenvalue weighted by Gasteiger charge is -2.13. The zero-order chi connectivity index (χ0) is 13.5. The number of carboxylic acids is 1. The standard InChI is InChI=1S/C12H16N2O4/c1-8(5-6-10(15)16)14-11(17)9-4-3-7-13-12(9)18-2/h3-4,7-8H,5-6H2,1-2H3,(H,14,17)(H,15,16). The highest BCUT2D eigenvalue weighted by Gasteiger charge is 2.15. The largest absolute Gasteiger partial charge is 0.481 e. The van der Waals surface area contributed by atoms with E-state index in [-0.39, 0.29) is 24.2 Å². The van der Waals surface area contributed by atoms with Crippen molar-refractivity contribution in [2.45, 2.75) is 25.8 Å². The van der Waals surface area contributed by atoms with E-state index in [0.717, 1.165) is 0 Å². The highest BCUT2D eigenvalue weighted by atomic mass is 16.5. The highest BCUT2D eigenvalue weighted by Crippen LogP contribution is 2.13. The molecule has 0 aromatic carbocycles. The molecular formula is C12H16N2O4. The van der Waals surface area contributed by atoms with Crippen LogP contribution in [0.1, 0.15) is 30.1 Å². The van der Waals surface area contributed by atoms with Gasteiger partial charge in [-0.3, -0.25) is 9.59 Å². The van der Waals surface area contributed by atoms with Gasteiger partial charge in [0.1, 0.15) is 5.56 Å². The van der Waals surface area contributed by atoms with E-state index in [9.17, 15) is 9.59 Å². The first-order chi connectivity index (χ1) is 8.54. The second kappa shape index (κ2) is 6.58. The van der Waals surface area contributed by atoms with Gasteiger partial charge in [-0.2, -0.15) is 0 Å². The number of carbonyl (C=O) groups excluding carboxylic acids is 1. The lowest BCUT2D eigenvalue weighted by Crippen LogP contribution is -2.33. The van der Waals surface area contributed by atoms with Crippen LogP contribution in [0, 0.1) is 0 Å². The van der Waals surface area contributed by atoms with E-state index in [1.807, 2.05) is 0 Å². The van der Waals surface area contributed by atoms with Crippen LogP contribution in [0.15, 0.2) is 18.3 Å². The Bertz CT molecular complexity index is 434. The molecule has 0 radical (unpaired) electrons. The maximum Gasteiger partial charge on any atom is 0.303 e. The predicted octanol–water partition coefficient (Wildman–Crippen LogP) is 1.07. The van der Waals surface area contributed by atoms with Crippen molar-refractivity contribution in [1.82, 2.24) is 10.3 Å². The smallest absolute Gasteiger partial charge is 0.303 e. The zero-order valence-corrected chi connectivity index (χ0v) is 10.3. The molecule has 0 saturated heterocycles. The lowest BCUT2D eigenvalue weighted by molar-refractivity contribution is -0.137. The van der Waals surface area contributed by atoms with Gasteiger partial charge in [0.15, 0.2) is 0 Å². The molecule has 0 aliphatic rings. The van der Waals surface area contributed by atoms with Crippen molar-refractivity contribution < 1.29 is 19.4 Å². The van der Waals surface area contributed by atoms with E-state index in [4.69, 9.17) is 9.84 Å². The first-order valence-electron chi connectivity index (χ1n) is 5.56. The number of nitrogens with one attached hydrogen (secondary N) is 1. The van der Waals surface area contributed by atoms with Crippen molar-refractivity contribution in [2.75, 3.05) is 7.11 Å². The molecule has 1 heterocycles. The van der Waals surface area contributed by atoms with Gasteiger partial charge in [-0.25, -0.2) is 4.98 Å². The van der Waals surface area contributed by atoms with Crippen molar-refractivity contribution in [1.29, 1.82) is 0 Å². The number of aromatic nitrogens is 1. The van der Waals surface area contributed by atoms with E-state index >= 15 is 0 Å². The molecule has 1 unspecified atom stereocenters. The Morgan fingerprint density at radius 3 is 2.89 bits per heavy atom. The van der Waals surface area contributed by atoms with Gasteiger partial charge in [-0.15, -0.1) is 0 Å². The Balaban J connectivity index is 2.62. The monoisotopic (exact) mass is 252 g/mol. The summed E-state index contributed by atoms with van der Waals surface area (Å²) in [5.74, 6) is -0.951. The van der Waals surface area contributed by atoms with Gasteiger partial charge >= 0.3 is 5.97 Å². The Kier molecular flexibility index (Phi) is 5.10. The second-order valence-electron chi connectivity index (χ2n) is 3.87. The number of methoxy groups -OCH3 is 1. The molecule has 6 heteroatoms. The normalized spacial score (nSPS) is 11.7. The summed E-state index contributed by atoms with van der Waals surface area (Å²) in [6.07, 6.45) is 1.93. The summed E-state index contributed by atoms with van der Waals surface area (Å²) in [5, 5.41) is 11.3. The number of carbonyl (C=O) groups is 2. The van der Waals surface area contributed by atoms with Crippen LogP contribution in [0.4, 0.5) is 0 Å². The van der Waals surface area contributed by atoms with E-state index in [1.54, 1.807) is 19.1 Å². The maximum atomic E-state index is 11.9. The molecule has 0 aliphatic heterocycles. The average Bonchev–Trinajstić information content (AvgIpc) is 2.36. The van der Waals surface area contributed by atoms with Gasteiger partial charge in [0.05, 0.1) is 7.11 Å². The summed E-state index contributed by atoms with van der Waals surface area (Å²) < 4.78 is 4.98. The number of rotatable bonds is 6. The fraction of sp³-hybridized carbons (Fsp3) is 0.417. The van der Waals surface area contributed by atoms with Crippen molar-refractivity contribution in [2.24, 2.45) is 0 Å². The Morgan fingerprint density at radius 2 is 2.28 bits per heavy atom. The van der Waals surface area contributed by atoms with Crippen molar-refractivity contribution >= 4 is 11.9 Å². The lowest BCUT2D eigenvalue weighted by atomic mass is 10.1. The van der Waals surface area contributed by atoms with E-state index in [0.29, 0.717) is 12.0 Å². The van der Waals surface area contributed by atoms with Gasteiger partial charge in [0, 0.05) is 18.7 Å². The summed E-state index contributed by atoms with van der Waals surface area (Å²) in [5.41, 5.74) is 0.335. The Labute approximate surface area is 105 Å². The summed E-state index contributed by atoms with van der Waals surface area (Å²) in [4.78, 5) is 26.2. The molecule has 0 saturated carbocycles. The molecule has 98 valence electrons. The molecule has 1 aromatic heterocycles. The second-order valence-corrected chi connectivity index (χ2v) is 3.87. The number of nitrogens with zero attached hydrogens (tertiary/aromatic N) is 1. The average molecular weight is 252 g/mol. The SMILES string of the molecule is COc1ncccc1C(=O)NC(C)CCC(=O)O. The summed E-state index contributed by atoms with van der Waals surface area (Å²) >= 11 is 0. The topological polar surface area (TPSA) is 88.5 Å². The van der Waals surface area contributed by atoms with Crippen molar-refractivity contribution in [3.8, 4) is 5.88 Å². The summed E-state index contributed by atoms with van der Waals surface area (Å²) in [6, 6.07) is 3.02. The van der Waals surface area contributed by atoms with Crippen LogP contribution < -0.4 is 10.1 Å². The molecule has 2 N–H and O–H groups in total. The van der Waals surface area contributed by atoms with Gasteiger partial charge in [-0.1, -0.05) is 0 Å². The zero-order valence-electron chi connectivity index (χ0n) is 10.3. The Morgan fingerprint density at radius 1 is 1.56 bits per heavy atom. The van der Waals surface area contributed by atoms with Gasteiger partial charge < -0.3 is 15.2 Å². The van der Waals surface area contributed by atoms with Crippen molar-refractivity contribution in [3.05, 3.63) is 23.9 Å². The fourth-order valence-corrected chi connectivity index (χ4v) is 1.44. The quantitative estimate of drug-likeness (QED) is 0.790. The van der Waals surface area contributed by atoms with Crippen LogP contribution in [-0.4, -0.2) is 35.1 Å². The van der Waals surface area contributed by atoms with Crippen LogP contribution >= 0.6 is 0 Å². The van der Waals surface area contributed by atoms with E-state index in [1.165, 1.54) is 13.3 Å². The summed E-state index contributed by atoms with van der Waals surface area (Å²) in [7, 11) is 1.44. The molecule has 1 aromatic rings. The minimum absolute atomic E-state index is 0.0195. The molecule has 6 nitrogen and oxygen atoms in total. The molecule has 0 aliphatic carbocycles. The number of hydrogen-bond donors (Lipinski definition) is 2.